The number of sulfonamides is 1. The first-order chi connectivity index (χ1) is 7.99. The number of benzene rings is 1. The van der Waals surface area contributed by atoms with Crippen molar-refractivity contribution in [3.05, 3.63) is 41.2 Å². The van der Waals surface area contributed by atoms with Gasteiger partial charge in [-0.3, -0.25) is 9.82 Å². The van der Waals surface area contributed by atoms with Crippen LogP contribution < -0.4 is 4.72 Å². The maximum Gasteiger partial charge on any atom is 0.265 e. The third-order valence-corrected chi connectivity index (χ3v) is 3.78. The molecule has 7 heteroatoms. The summed E-state index contributed by atoms with van der Waals surface area (Å²) in [5.74, 6) is 0. The molecule has 0 aliphatic rings. The number of halogens is 1. The lowest BCUT2D eigenvalue weighted by Crippen LogP contribution is -2.12. The van der Waals surface area contributed by atoms with Crippen LogP contribution in [0.5, 0.6) is 0 Å². The first-order valence-corrected chi connectivity index (χ1v) is 6.63. The fraction of sp³-hybridized carbons (Fsp3) is 0.100. The molecule has 0 fully saturated rings. The van der Waals surface area contributed by atoms with Crippen molar-refractivity contribution in [2.24, 2.45) is 0 Å². The molecule has 1 heterocycles. The van der Waals surface area contributed by atoms with Crippen molar-refractivity contribution in [1.82, 2.24) is 10.2 Å². The fourth-order valence-corrected chi connectivity index (χ4v) is 2.59. The first-order valence-electron chi connectivity index (χ1n) is 4.77. The van der Waals surface area contributed by atoms with Crippen molar-refractivity contribution >= 4 is 27.3 Å². The highest BCUT2D eigenvalue weighted by Crippen LogP contribution is 2.22. The van der Waals surface area contributed by atoms with Crippen molar-refractivity contribution in [2.75, 3.05) is 4.72 Å². The Morgan fingerprint density at radius 3 is 2.76 bits per heavy atom. The highest BCUT2D eigenvalue weighted by molar-refractivity contribution is 7.92. The number of H-pyrrole nitrogens is 1. The Morgan fingerprint density at radius 1 is 1.41 bits per heavy atom. The predicted octanol–water partition coefficient (Wildman–Crippen LogP) is 2.17. The Bertz CT molecular complexity index is 623. The van der Waals surface area contributed by atoms with Gasteiger partial charge in [-0.25, -0.2) is 8.42 Å². The van der Waals surface area contributed by atoms with E-state index >= 15 is 0 Å². The number of aromatic amines is 1. The standard InChI is InChI=1S/C10H10ClN3O2S/c1-7-4-8(11)2-3-10(7)14-17(15,16)9-5-12-13-6-9/h2-6,14H,1H3,(H,12,13). The zero-order chi connectivity index (χ0) is 12.5. The SMILES string of the molecule is Cc1cc(Cl)ccc1NS(=O)(=O)c1cn[nH]c1. The van der Waals surface area contributed by atoms with Crippen LogP contribution in [0.1, 0.15) is 5.56 Å². The van der Waals surface area contributed by atoms with Crippen LogP contribution >= 0.6 is 11.6 Å². The van der Waals surface area contributed by atoms with Gasteiger partial charge in [-0.2, -0.15) is 5.10 Å². The van der Waals surface area contributed by atoms with Gasteiger partial charge in [0.2, 0.25) is 0 Å². The molecule has 0 saturated carbocycles. The summed E-state index contributed by atoms with van der Waals surface area (Å²) in [6, 6.07) is 4.94. The van der Waals surface area contributed by atoms with E-state index in [0.717, 1.165) is 5.56 Å². The summed E-state index contributed by atoms with van der Waals surface area (Å²) >= 11 is 5.80. The summed E-state index contributed by atoms with van der Waals surface area (Å²) in [7, 11) is -3.59. The van der Waals surface area contributed by atoms with Crippen molar-refractivity contribution in [3.63, 3.8) is 0 Å². The van der Waals surface area contributed by atoms with Gasteiger partial charge in [0.1, 0.15) is 4.90 Å². The smallest absolute Gasteiger partial charge is 0.265 e. The topological polar surface area (TPSA) is 74.8 Å². The third kappa shape index (κ3) is 2.59. The molecule has 0 atom stereocenters. The molecule has 0 aliphatic heterocycles. The van der Waals surface area contributed by atoms with E-state index in [4.69, 9.17) is 11.6 Å². The van der Waals surface area contributed by atoms with Crippen molar-refractivity contribution in [2.45, 2.75) is 11.8 Å². The van der Waals surface area contributed by atoms with E-state index in [1.807, 2.05) is 0 Å². The summed E-state index contributed by atoms with van der Waals surface area (Å²) in [6.45, 7) is 1.78. The lowest BCUT2D eigenvalue weighted by Gasteiger charge is -2.09. The molecule has 0 amide bonds. The Hall–Kier alpha value is -1.53. The second-order valence-electron chi connectivity index (χ2n) is 3.50. The summed E-state index contributed by atoms with van der Waals surface area (Å²) in [5.41, 5.74) is 1.25. The maximum absolute atomic E-state index is 11.9. The van der Waals surface area contributed by atoms with Crippen molar-refractivity contribution in [3.8, 4) is 0 Å². The van der Waals surface area contributed by atoms with E-state index in [1.165, 1.54) is 12.4 Å². The highest BCUT2D eigenvalue weighted by Gasteiger charge is 2.16. The van der Waals surface area contributed by atoms with E-state index in [2.05, 4.69) is 14.9 Å². The molecule has 17 heavy (non-hydrogen) atoms. The van der Waals surface area contributed by atoms with E-state index < -0.39 is 10.0 Å². The third-order valence-electron chi connectivity index (χ3n) is 2.22. The zero-order valence-electron chi connectivity index (χ0n) is 8.94. The minimum atomic E-state index is -3.59. The van der Waals surface area contributed by atoms with E-state index in [1.54, 1.807) is 25.1 Å². The molecule has 0 saturated heterocycles. The molecule has 0 aliphatic carbocycles. The van der Waals surface area contributed by atoms with Crippen LogP contribution in [0.15, 0.2) is 35.5 Å². The fourth-order valence-electron chi connectivity index (χ4n) is 1.33. The number of aromatic nitrogens is 2. The van der Waals surface area contributed by atoms with Gasteiger partial charge in [-0.05, 0) is 30.7 Å². The summed E-state index contributed by atoms with van der Waals surface area (Å²) in [5, 5.41) is 6.62. The highest BCUT2D eigenvalue weighted by atomic mass is 35.5. The van der Waals surface area contributed by atoms with Crippen LogP contribution in [0.3, 0.4) is 0 Å². The Morgan fingerprint density at radius 2 is 2.18 bits per heavy atom. The summed E-state index contributed by atoms with van der Waals surface area (Å²) in [4.78, 5) is 0.0897. The number of anilines is 1. The van der Waals surface area contributed by atoms with Crippen LogP contribution in [0.4, 0.5) is 5.69 Å². The normalized spacial score (nSPS) is 11.4. The lowest BCUT2D eigenvalue weighted by molar-refractivity contribution is 0.601. The molecule has 0 bridgehead atoms. The molecule has 0 spiro atoms. The Balaban J connectivity index is 2.33. The van der Waals surface area contributed by atoms with Gasteiger partial charge in [-0.15, -0.1) is 0 Å². The largest absolute Gasteiger partial charge is 0.284 e. The second-order valence-corrected chi connectivity index (χ2v) is 5.62. The number of rotatable bonds is 3. The summed E-state index contributed by atoms with van der Waals surface area (Å²) < 4.78 is 26.3. The Kier molecular flexibility index (Phi) is 3.08. The average molecular weight is 272 g/mol. The second kappa shape index (κ2) is 4.38. The van der Waals surface area contributed by atoms with Crippen molar-refractivity contribution in [1.29, 1.82) is 0 Å². The molecule has 1 aromatic heterocycles. The van der Waals surface area contributed by atoms with Crippen LogP contribution in [-0.2, 0) is 10.0 Å². The van der Waals surface area contributed by atoms with Crippen LogP contribution in [-0.4, -0.2) is 18.6 Å². The maximum atomic E-state index is 11.9. The number of hydrogen-bond acceptors (Lipinski definition) is 3. The number of nitrogens with one attached hydrogen (secondary N) is 2. The molecule has 0 unspecified atom stereocenters. The minimum Gasteiger partial charge on any atom is -0.284 e. The molecule has 2 rings (SSSR count). The quantitative estimate of drug-likeness (QED) is 0.898. The molecular formula is C10H10ClN3O2S. The predicted molar refractivity (Wildman–Crippen MR) is 65.6 cm³/mol. The lowest BCUT2D eigenvalue weighted by atomic mass is 10.2. The van der Waals surface area contributed by atoms with E-state index in [0.29, 0.717) is 10.7 Å². The van der Waals surface area contributed by atoms with Crippen LogP contribution in [0, 0.1) is 6.92 Å². The zero-order valence-corrected chi connectivity index (χ0v) is 10.5. The van der Waals surface area contributed by atoms with Crippen molar-refractivity contribution < 1.29 is 8.42 Å². The Labute approximate surface area is 104 Å². The number of nitrogens with zero attached hydrogens (tertiary/aromatic N) is 1. The number of aryl methyl sites for hydroxylation is 1. The molecule has 1 aromatic carbocycles. The average Bonchev–Trinajstić information content (AvgIpc) is 2.76. The minimum absolute atomic E-state index is 0.0897. The molecule has 2 N–H and O–H groups in total. The van der Waals surface area contributed by atoms with Crippen LogP contribution in [0.2, 0.25) is 5.02 Å². The first kappa shape index (κ1) is 11.9. The van der Waals surface area contributed by atoms with Crippen LogP contribution in [0.25, 0.3) is 0 Å². The van der Waals surface area contributed by atoms with E-state index in [9.17, 15) is 8.42 Å². The van der Waals surface area contributed by atoms with Gasteiger partial charge in [-0.1, -0.05) is 11.6 Å². The van der Waals surface area contributed by atoms with Gasteiger partial charge in [0.25, 0.3) is 10.0 Å². The van der Waals surface area contributed by atoms with Gasteiger partial charge in [0.05, 0.1) is 11.9 Å². The van der Waals surface area contributed by atoms with Gasteiger partial charge in [0, 0.05) is 11.2 Å². The van der Waals surface area contributed by atoms with Gasteiger partial charge >= 0.3 is 0 Å². The van der Waals surface area contributed by atoms with Gasteiger partial charge < -0.3 is 0 Å². The van der Waals surface area contributed by atoms with Gasteiger partial charge in [0.15, 0.2) is 0 Å². The molecule has 90 valence electrons. The van der Waals surface area contributed by atoms with E-state index in [-0.39, 0.29) is 4.90 Å². The molecular weight excluding hydrogens is 262 g/mol. The number of hydrogen-bond donors (Lipinski definition) is 2. The molecule has 2 aromatic rings. The summed E-state index contributed by atoms with van der Waals surface area (Å²) in [6.07, 6.45) is 2.56. The molecule has 0 radical (unpaired) electrons. The molecule has 5 nitrogen and oxygen atoms in total. The monoisotopic (exact) mass is 271 g/mol.